The van der Waals surface area contributed by atoms with E-state index in [0.717, 1.165) is 0 Å². The minimum Gasteiger partial charge on any atom is -0.424 e. The molecule has 3 rings (SSSR count). The van der Waals surface area contributed by atoms with E-state index in [1.54, 1.807) is 24.1 Å². The summed E-state index contributed by atoms with van der Waals surface area (Å²) in [4.78, 5) is 19.0. The third kappa shape index (κ3) is 3.45. The number of carbonyl (C=O) groups is 1. The lowest BCUT2D eigenvalue weighted by atomic mass is 10.2. The Kier molecular flexibility index (Phi) is 4.88. The summed E-state index contributed by atoms with van der Waals surface area (Å²) in [6.45, 7) is 5.57. The zero-order chi connectivity index (χ0) is 17.3. The fourth-order valence-corrected chi connectivity index (χ4v) is 3.16. The van der Waals surface area contributed by atoms with Crippen LogP contribution in [0.3, 0.4) is 0 Å². The molecule has 1 saturated heterocycles. The van der Waals surface area contributed by atoms with Crippen LogP contribution in [0.25, 0.3) is 0 Å². The predicted molar refractivity (Wildman–Crippen MR) is 86.6 cm³/mol. The number of carbonyl (C=O) groups excluding carboxylic acids is 1. The molecule has 1 amide bonds. The molecule has 0 unspecified atom stereocenters. The number of hydrogen-bond acceptors (Lipinski definition) is 6. The van der Waals surface area contributed by atoms with E-state index in [2.05, 4.69) is 15.2 Å². The second kappa shape index (κ2) is 6.92. The number of aromatic amines is 1. The van der Waals surface area contributed by atoms with E-state index in [9.17, 15) is 9.90 Å². The molecule has 0 aromatic carbocycles. The van der Waals surface area contributed by atoms with Crippen molar-refractivity contribution in [1.29, 1.82) is 0 Å². The zero-order valence-electron chi connectivity index (χ0n) is 13.6. The molecule has 0 radical (unpaired) electrons. The Balaban J connectivity index is 1.68. The second-order valence-corrected chi connectivity index (χ2v) is 6.29. The highest BCUT2D eigenvalue weighted by molar-refractivity contribution is 6.30. The highest BCUT2D eigenvalue weighted by Gasteiger charge is 2.38. The maximum Gasteiger partial charge on any atom is 0.270 e. The number of aliphatic hydroxyl groups excluding tert-OH is 1. The van der Waals surface area contributed by atoms with Crippen molar-refractivity contribution in [3.8, 4) is 0 Å². The standard InChI is InChI=1S/C15H20ClN5O3/c1-3-20(8-14-19-18-9(2)24-14)12-6-21(7-13(12)22)15(23)11-4-10(16)5-17-11/h4-5,12-13,17,22H,3,6-8H2,1-2H3/t12-,13-/m1/s1. The van der Waals surface area contributed by atoms with Crippen molar-refractivity contribution >= 4 is 17.5 Å². The zero-order valence-corrected chi connectivity index (χ0v) is 14.3. The van der Waals surface area contributed by atoms with Crippen LogP contribution < -0.4 is 0 Å². The van der Waals surface area contributed by atoms with Gasteiger partial charge in [0, 0.05) is 26.2 Å². The quantitative estimate of drug-likeness (QED) is 0.834. The molecule has 1 aliphatic rings. The molecule has 0 spiro atoms. The third-order valence-electron chi connectivity index (χ3n) is 4.21. The number of aromatic nitrogens is 3. The molecule has 2 aromatic rings. The fraction of sp³-hybridized carbons (Fsp3) is 0.533. The number of rotatable bonds is 5. The summed E-state index contributed by atoms with van der Waals surface area (Å²) in [5.74, 6) is 0.837. The Morgan fingerprint density at radius 2 is 2.33 bits per heavy atom. The highest BCUT2D eigenvalue weighted by atomic mass is 35.5. The molecule has 24 heavy (non-hydrogen) atoms. The average molecular weight is 354 g/mol. The number of aryl methyl sites for hydroxylation is 1. The number of hydrogen-bond donors (Lipinski definition) is 2. The maximum atomic E-state index is 12.5. The SMILES string of the molecule is CCN(Cc1nnc(C)o1)[C@@H]1CN(C(=O)c2cc(Cl)c[nH]2)C[C@H]1O. The Labute approximate surface area is 144 Å². The van der Waals surface area contributed by atoms with Gasteiger partial charge in [0.1, 0.15) is 5.69 Å². The van der Waals surface area contributed by atoms with Crippen molar-refractivity contribution in [3.05, 3.63) is 34.8 Å². The summed E-state index contributed by atoms with van der Waals surface area (Å²) in [5.41, 5.74) is 0.420. The van der Waals surface area contributed by atoms with Crippen LogP contribution in [0.5, 0.6) is 0 Å². The van der Waals surface area contributed by atoms with Gasteiger partial charge in [0.05, 0.1) is 23.7 Å². The summed E-state index contributed by atoms with van der Waals surface area (Å²) in [5, 5.41) is 18.7. The summed E-state index contributed by atoms with van der Waals surface area (Å²) in [6, 6.07) is 1.40. The van der Waals surface area contributed by atoms with Crippen LogP contribution in [0.4, 0.5) is 0 Å². The van der Waals surface area contributed by atoms with Crippen molar-refractivity contribution in [2.45, 2.75) is 32.5 Å². The molecule has 8 nitrogen and oxygen atoms in total. The number of nitrogens with zero attached hydrogens (tertiary/aromatic N) is 4. The first kappa shape index (κ1) is 16.9. The Morgan fingerprint density at radius 1 is 1.54 bits per heavy atom. The molecular weight excluding hydrogens is 334 g/mol. The van der Waals surface area contributed by atoms with Crippen molar-refractivity contribution < 1.29 is 14.3 Å². The molecule has 0 bridgehead atoms. The van der Waals surface area contributed by atoms with Gasteiger partial charge in [0.25, 0.3) is 5.91 Å². The number of amides is 1. The number of H-pyrrole nitrogens is 1. The molecule has 0 aliphatic carbocycles. The predicted octanol–water partition coefficient (Wildman–Crippen LogP) is 1.07. The van der Waals surface area contributed by atoms with Crippen LogP contribution in [-0.4, -0.2) is 67.8 Å². The van der Waals surface area contributed by atoms with E-state index in [-0.39, 0.29) is 18.5 Å². The van der Waals surface area contributed by atoms with Gasteiger partial charge in [-0.05, 0) is 12.6 Å². The van der Waals surface area contributed by atoms with E-state index >= 15 is 0 Å². The average Bonchev–Trinajstić information content (AvgIpc) is 3.25. The molecule has 0 saturated carbocycles. The van der Waals surface area contributed by atoms with Crippen LogP contribution in [0.15, 0.2) is 16.7 Å². The van der Waals surface area contributed by atoms with Gasteiger partial charge in [0.15, 0.2) is 0 Å². The van der Waals surface area contributed by atoms with Crippen LogP contribution in [0, 0.1) is 6.92 Å². The van der Waals surface area contributed by atoms with Gasteiger partial charge in [-0.15, -0.1) is 10.2 Å². The van der Waals surface area contributed by atoms with Gasteiger partial charge in [-0.1, -0.05) is 18.5 Å². The smallest absolute Gasteiger partial charge is 0.270 e. The Hall–Kier alpha value is -1.90. The lowest BCUT2D eigenvalue weighted by molar-refractivity contribution is 0.0741. The molecule has 2 N–H and O–H groups in total. The van der Waals surface area contributed by atoms with Gasteiger partial charge in [-0.25, -0.2) is 0 Å². The van der Waals surface area contributed by atoms with E-state index in [1.807, 2.05) is 11.8 Å². The molecule has 1 aliphatic heterocycles. The van der Waals surface area contributed by atoms with E-state index in [1.165, 1.54) is 0 Å². The van der Waals surface area contributed by atoms with Crippen molar-refractivity contribution in [2.75, 3.05) is 19.6 Å². The third-order valence-corrected chi connectivity index (χ3v) is 4.42. The number of nitrogens with one attached hydrogen (secondary N) is 1. The van der Waals surface area contributed by atoms with E-state index < -0.39 is 6.10 Å². The van der Waals surface area contributed by atoms with E-state index in [0.29, 0.717) is 42.1 Å². The maximum absolute atomic E-state index is 12.5. The monoisotopic (exact) mass is 353 g/mol. The molecule has 130 valence electrons. The van der Waals surface area contributed by atoms with Crippen LogP contribution >= 0.6 is 11.6 Å². The molecule has 2 atom stereocenters. The van der Waals surface area contributed by atoms with Crippen LogP contribution in [-0.2, 0) is 6.54 Å². The first-order valence-corrected chi connectivity index (χ1v) is 8.20. The molecule has 1 fully saturated rings. The van der Waals surface area contributed by atoms with Crippen molar-refractivity contribution in [3.63, 3.8) is 0 Å². The van der Waals surface area contributed by atoms with E-state index in [4.69, 9.17) is 16.0 Å². The number of β-amino-alcohol motifs (C(OH)–C–C–N with tert-alkyl or cyclic N) is 1. The normalized spacial score (nSPS) is 21.0. The lowest BCUT2D eigenvalue weighted by Gasteiger charge is -2.27. The van der Waals surface area contributed by atoms with Gasteiger partial charge in [0.2, 0.25) is 11.8 Å². The van der Waals surface area contributed by atoms with Crippen LogP contribution in [0.1, 0.15) is 29.2 Å². The Morgan fingerprint density at radius 3 is 2.92 bits per heavy atom. The first-order valence-electron chi connectivity index (χ1n) is 7.82. The number of likely N-dealkylation sites (N-methyl/N-ethyl adjacent to an activating group) is 1. The molecule has 9 heteroatoms. The molecule has 3 heterocycles. The minimum absolute atomic E-state index is 0.173. The van der Waals surface area contributed by atoms with Crippen molar-refractivity contribution in [2.24, 2.45) is 0 Å². The van der Waals surface area contributed by atoms with Gasteiger partial charge in [-0.3, -0.25) is 9.69 Å². The lowest BCUT2D eigenvalue weighted by Crippen LogP contribution is -2.43. The number of halogens is 1. The number of likely N-dealkylation sites (tertiary alicyclic amines) is 1. The number of aliphatic hydroxyl groups is 1. The second-order valence-electron chi connectivity index (χ2n) is 5.85. The largest absolute Gasteiger partial charge is 0.424 e. The van der Waals surface area contributed by atoms with Crippen molar-refractivity contribution in [1.82, 2.24) is 25.0 Å². The van der Waals surface area contributed by atoms with Gasteiger partial charge >= 0.3 is 0 Å². The summed E-state index contributed by atoms with van der Waals surface area (Å²) in [6.07, 6.45) is 0.929. The Bertz CT molecular complexity index is 716. The molecule has 2 aromatic heterocycles. The van der Waals surface area contributed by atoms with Gasteiger partial charge in [-0.2, -0.15) is 0 Å². The highest BCUT2D eigenvalue weighted by Crippen LogP contribution is 2.21. The van der Waals surface area contributed by atoms with Crippen LogP contribution in [0.2, 0.25) is 5.02 Å². The van der Waals surface area contributed by atoms with Gasteiger partial charge < -0.3 is 19.4 Å². The summed E-state index contributed by atoms with van der Waals surface area (Å²) < 4.78 is 5.41. The molecular formula is C15H20ClN5O3. The first-order chi connectivity index (χ1) is 11.5. The summed E-state index contributed by atoms with van der Waals surface area (Å²) >= 11 is 5.85. The summed E-state index contributed by atoms with van der Waals surface area (Å²) in [7, 11) is 0. The topological polar surface area (TPSA) is 98.5 Å². The fourth-order valence-electron chi connectivity index (χ4n) is 2.99. The minimum atomic E-state index is -0.636.